The summed E-state index contributed by atoms with van der Waals surface area (Å²) in [6.07, 6.45) is -39.0. The Kier molecular flexibility index (Phi) is 8.10. The first-order chi connectivity index (χ1) is 16.3. The number of aromatic hydroxyl groups is 1. The molecule has 38 heavy (non-hydrogen) atoms. The molecule has 0 bridgehead atoms. The van der Waals surface area contributed by atoms with Gasteiger partial charge in [0.15, 0.2) is 11.5 Å². The fourth-order valence-electron chi connectivity index (χ4n) is 2.58. The third-order valence-corrected chi connectivity index (χ3v) is 5.11. The molecular weight excluding hydrogens is 609 g/mol. The summed E-state index contributed by atoms with van der Waals surface area (Å²) in [5.74, 6) is -9.10. The molecule has 7 nitrogen and oxygen atoms in total. The number of halogens is 15. The van der Waals surface area contributed by atoms with Crippen molar-refractivity contribution in [2.24, 2.45) is 0 Å². The Balaban J connectivity index is 4.54. The van der Waals surface area contributed by atoms with E-state index in [1.165, 1.54) is 0 Å². The van der Waals surface area contributed by atoms with Crippen LogP contribution in [0.5, 0.6) is 11.5 Å². The molecule has 0 aliphatic rings. The molecule has 0 spiro atoms. The summed E-state index contributed by atoms with van der Waals surface area (Å²) in [7, 11) is -5.61. The van der Waals surface area contributed by atoms with E-state index in [1.54, 1.807) is 0 Å². The van der Waals surface area contributed by atoms with Gasteiger partial charge in [-0.05, 0) is 12.1 Å². The van der Waals surface area contributed by atoms with E-state index in [1.807, 2.05) is 0 Å². The van der Waals surface area contributed by atoms with Crippen LogP contribution in [0, 0.1) is 0 Å². The van der Waals surface area contributed by atoms with Gasteiger partial charge in [0.05, 0.1) is 10.5 Å². The van der Waals surface area contributed by atoms with Gasteiger partial charge in [0.2, 0.25) is 5.76 Å². The number of hydrogen-bond acceptors (Lipinski definition) is 7. The third-order valence-electron chi connectivity index (χ3n) is 4.28. The molecule has 220 valence electrons. The summed E-state index contributed by atoms with van der Waals surface area (Å²) in [5, 5.41) is 27.9. The van der Waals surface area contributed by atoms with Crippen LogP contribution in [0.1, 0.15) is 0 Å². The lowest BCUT2D eigenvalue weighted by Gasteiger charge is -2.43. The van der Waals surface area contributed by atoms with Crippen LogP contribution < -0.4 is 4.74 Å². The molecule has 3 N–H and O–H groups in total. The van der Waals surface area contributed by atoms with Crippen molar-refractivity contribution in [2.45, 2.75) is 47.0 Å². The van der Waals surface area contributed by atoms with E-state index in [0.29, 0.717) is 0 Å². The number of benzene rings is 1. The fourth-order valence-corrected chi connectivity index (χ4v) is 3.07. The van der Waals surface area contributed by atoms with Crippen molar-refractivity contribution in [2.75, 3.05) is 0 Å². The van der Waals surface area contributed by atoms with Crippen LogP contribution in [0.2, 0.25) is 0 Å². The Labute approximate surface area is 198 Å². The second-order valence-electron chi connectivity index (χ2n) is 6.80. The van der Waals surface area contributed by atoms with E-state index < -0.39 is 92.1 Å². The minimum atomic E-state index is -7.92. The molecule has 0 radical (unpaired) electrons. The number of phenols is 1. The summed E-state index contributed by atoms with van der Waals surface area (Å²) < 4.78 is 236. The van der Waals surface area contributed by atoms with E-state index in [-0.39, 0.29) is 6.07 Å². The monoisotopic (exact) mass is 615 g/mol. The van der Waals surface area contributed by atoms with Gasteiger partial charge in [0.1, 0.15) is 10.1 Å². The number of hydrogen-bond donors (Lipinski definition) is 3. The Morgan fingerprint density at radius 1 is 0.711 bits per heavy atom. The van der Waals surface area contributed by atoms with Gasteiger partial charge in [0.25, 0.3) is 11.2 Å². The van der Waals surface area contributed by atoms with Crippen molar-refractivity contribution in [1.29, 1.82) is 0 Å². The van der Waals surface area contributed by atoms with Crippen LogP contribution >= 0.6 is 0 Å². The Hall–Kier alpha value is -2.66. The number of aliphatic hydroxyl groups is 2. The summed E-state index contributed by atoms with van der Waals surface area (Å²) >= 11 is 0. The molecule has 0 saturated carbocycles. The van der Waals surface area contributed by atoms with Crippen LogP contribution in [0.4, 0.5) is 65.9 Å². The molecule has 0 amide bonds. The van der Waals surface area contributed by atoms with E-state index in [0.717, 1.165) is 0 Å². The van der Waals surface area contributed by atoms with Crippen molar-refractivity contribution in [1.82, 2.24) is 0 Å². The second kappa shape index (κ2) is 9.22. The van der Waals surface area contributed by atoms with Gasteiger partial charge in [-0.2, -0.15) is 65.9 Å². The highest BCUT2D eigenvalue weighted by atomic mass is 32.2. The van der Waals surface area contributed by atoms with Gasteiger partial charge >= 0.3 is 30.9 Å². The average Bonchev–Trinajstić information content (AvgIpc) is 2.62. The normalized spacial score (nSPS) is 14.9. The molecule has 0 saturated heterocycles. The molecule has 0 aliphatic heterocycles. The molecule has 0 fully saturated rings. The first kappa shape index (κ1) is 33.4. The molecular formula is C15H6F15O7S-. The third kappa shape index (κ3) is 5.68. The number of allylic oxidation sites excluding steroid dienone is 1. The maximum Gasteiger partial charge on any atom is 0.449 e. The topological polar surface area (TPSA) is 127 Å². The van der Waals surface area contributed by atoms with Gasteiger partial charge in [-0.15, -0.1) is 0 Å². The lowest BCUT2D eigenvalue weighted by molar-refractivity contribution is -0.394. The van der Waals surface area contributed by atoms with Gasteiger partial charge in [-0.1, -0.05) is 0 Å². The summed E-state index contributed by atoms with van der Waals surface area (Å²) in [5.41, 5.74) is -20.9. The quantitative estimate of drug-likeness (QED) is 0.258. The maximum absolute atomic E-state index is 13.6. The van der Waals surface area contributed by atoms with Crippen LogP contribution in [0.15, 0.2) is 34.4 Å². The summed E-state index contributed by atoms with van der Waals surface area (Å²) in [6.45, 7) is 0. The maximum atomic E-state index is 13.6. The Morgan fingerprint density at radius 2 is 1.05 bits per heavy atom. The van der Waals surface area contributed by atoms with E-state index in [4.69, 9.17) is 0 Å². The molecule has 0 unspecified atom stereocenters. The number of phenolic OH excluding ortho intramolecular Hbond substituents is 1. The van der Waals surface area contributed by atoms with Crippen LogP contribution in [0.3, 0.4) is 0 Å². The van der Waals surface area contributed by atoms with Crippen molar-refractivity contribution in [3.63, 3.8) is 0 Å². The molecule has 23 heteroatoms. The fraction of sp³-hybridized carbons (Fsp3) is 0.467. The van der Waals surface area contributed by atoms with Crippen molar-refractivity contribution in [3.05, 3.63) is 29.5 Å². The van der Waals surface area contributed by atoms with Crippen molar-refractivity contribution < 1.29 is 98.9 Å². The zero-order chi connectivity index (χ0) is 30.7. The first-order valence-electron chi connectivity index (χ1n) is 8.36. The Morgan fingerprint density at radius 3 is 1.29 bits per heavy atom. The van der Waals surface area contributed by atoms with E-state index in [2.05, 4.69) is 4.74 Å². The highest BCUT2D eigenvalue weighted by Crippen LogP contribution is 2.60. The van der Waals surface area contributed by atoms with Gasteiger partial charge in [0, 0.05) is 6.07 Å². The molecule has 0 aliphatic carbocycles. The molecule has 1 rings (SSSR count). The second-order valence-corrected chi connectivity index (χ2v) is 8.18. The molecule has 1 aromatic carbocycles. The largest absolute Gasteiger partial charge is 0.744 e. The average molecular weight is 615 g/mol. The van der Waals surface area contributed by atoms with Gasteiger partial charge in [-0.3, -0.25) is 0 Å². The van der Waals surface area contributed by atoms with Crippen LogP contribution in [-0.4, -0.2) is 70.4 Å². The standard InChI is InChI=1S/C15H7F15O7S/c16-11(17,18)8(37-6-2-1-4(3-5(6)31)38(34,35)36)7(9(32,12(19,20)21)13(22,23)24)10(33,14(25,26)27)15(28,29)30/h1-3,31-33H,(H,34,35,36)/p-1. The summed E-state index contributed by atoms with van der Waals surface area (Å²) in [4.78, 5) is -1.59. The van der Waals surface area contributed by atoms with Crippen LogP contribution in [0.25, 0.3) is 0 Å². The predicted molar refractivity (Wildman–Crippen MR) is 83.9 cm³/mol. The SMILES string of the molecule is O=S(=O)([O-])c1ccc(OC(=C(C(O)(C(F)(F)F)C(F)(F)F)C(O)(C(F)(F)F)C(F)(F)F)C(F)(F)F)c(O)c1. The van der Waals surface area contributed by atoms with Crippen molar-refractivity contribution >= 4 is 10.1 Å². The minimum absolute atomic E-state index is 0.190. The highest BCUT2D eigenvalue weighted by Gasteiger charge is 2.85. The Bertz CT molecular complexity index is 1120. The van der Waals surface area contributed by atoms with E-state index >= 15 is 0 Å². The number of alkyl halides is 15. The number of ether oxygens (including phenoxy) is 1. The molecule has 0 heterocycles. The highest BCUT2D eigenvalue weighted by molar-refractivity contribution is 7.85. The summed E-state index contributed by atoms with van der Waals surface area (Å²) in [6, 6.07) is -1.01. The predicted octanol–water partition coefficient (Wildman–Crippen LogP) is 4.20. The van der Waals surface area contributed by atoms with E-state index in [9.17, 15) is 94.1 Å². The minimum Gasteiger partial charge on any atom is -0.744 e. The molecule has 0 atom stereocenters. The van der Waals surface area contributed by atoms with Gasteiger partial charge < -0.3 is 24.6 Å². The van der Waals surface area contributed by atoms with Crippen molar-refractivity contribution in [3.8, 4) is 11.5 Å². The molecule has 0 aromatic heterocycles. The zero-order valence-corrected chi connectivity index (χ0v) is 17.6. The lowest BCUT2D eigenvalue weighted by atomic mass is 9.77. The lowest BCUT2D eigenvalue weighted by Crippen LogP contribution is -2.70. The smallest absolute Gasteiger partial charge is 0.449 e. The number of rotatable bonds is 5. The van der Waals surface area contributed by atoms with Crippen LogP contribution in [-0.2, 0) is 10.1 Å². The zero-order valence-electron chi connectivity index (χ0n) is 16.8. The van der Waals surface area contributed by atoms with Gasteiger partial charge in [-0.25, -0.2) is 8.42 Å². The molecule has 1 aromatic rings. The first-order valence-corrected chi connectivity index (χ1v) is 9.76.